The van der Waals surface area contributed by atoms with Gasteiger partial charge in [0, 0.05) is 45.0 Å². The molecule has 0 bridgehead atoms. The number of methoxy groups -OCH3 is 1. The number of nitrogens with zero attached hydrogens (tertiary/aromatic N) is 3. The fourth-order valence-corrected chi connectivity index (χ4v) is 4.26. The Balaban J connectivity index is 1.22. The van der Waals surface area contributed by atoms with Crippen LogP contribution in [-0.2, 0) is 16.1 Å². The van der Waals surface area contributed by atoms with Gasteiger partial charge >= 0.3 is 0 Å². The minimum absolute atomic E-state index is 0.0536. The molecule has 0 saturated carbocycles. The number of amides is 2. The number of hydrogen-bond donors (Lipinski definition) is 0. The first-order valence-electron chi connectivity index (χ1n) is 10.8. The van der Waals surface area contributed by atoms with Gasteiger partial charge in [0.05, 0.1) is 19.6 Å². The van der Waals surface area contributed by atoms with Gasteiger partial charge in [0.15, 0.2) is 0 Å². The Morgan fingerprint density at radius 1 is 1.06 bits per heavy atom. The smallest absolute Gasteiger partial charge is 0.227 e. The molecule has 0 aliphatic carbocycles. The molecule has 1 atom stereocenters. The molecule has 3 heterocycles. The zero-order valence-electron chi connectivity index (χ0n) is 17.9. The minimum atomic E-state index is -0.235. The Labute approximate surface area is 183 Å². The van der Waals surface area contributed by atoms with Crippen LogP contribution in [0.1, 0.15) is 24.8 Å². The molecule has 2 aliphatic rings. The summed E-state index contributed by atoms with van der Waals surface area (Å²) in [6, 6.07) is 11.4. The standard InChI is InChI=1S/C24H29N3O4/c1-30-21-2-4-22(5-3-21)31-17-19-8-12-26(13-9-19)24(29)20-14-23(28)27(16-20)15-18-6-10-25-11-7-18/h2-7,10-11,19-20H,8-9,12-17H2,1H3/t20-/m0/s1. The van der Waals surface area contributed by atoms with Crippen LogP contribution in [0.4, 0.5) is 0 Å². The summed E-state index contributed by atoms with van der Waals surface area (Å²) in [5, 5.41) is 0. The van der Waals surface area contributed by atoms with Gasteiger partial charge in [-0.15, -0.1) is 0 Å². The van der Waals surface area contributed by atoms with Gasteiger partial charge in [-0.3, -0.25) is 14.6 Å². The molecule has 1 aromatic carbocycles. The number of benzene rings is 1. The summed E-state index contributed by atoms with van der Waals surface area (Å²) in [6.45, 7) is 3.14. The normalized spacial score (nSPS) is 19.5. The van der Waals surface area contributed by atoms with Crippen LogP contribution in [0.25, 0.3) is 0 Å². The maximum atomic E-state index is 13.0. The van der Waals surface area contributed by atoms with E-state index in [0.29, 0.717) is 32.0 Å². The Morgan fingerprint density at radius 3 is 2.42 bits per heavy atom. The number of carbonyl (C=O) groups is 2. The van der Waals surface area contributed by atoms with Crippen molar-refractivity contribution in [1.29, 1.82) is 0 Å². The van der Waals surface area contributed by atoms with E-state index in [0.717, 1.165) is 43.0 Å². The molecule has 7 nitrogen and oxygen atoms in total. The van der Waals surface area contributed by atoms with Crippen LogP contribution in [0.15, 0.2) is 48.8 Å². The van der Waals surface area contributed by atoms with Gasteiger partial charge in [0.2, 0.25) is 11.8 Å². The van der Waals surface area contributed by atoms with Crippen LogP contribution in [0.5, 0.6) is 11.5 Å². The Morgan fingerprint density at radius 2 is 1.74 bits per heavy atom. The number of hydrogen-bond acceptors (Lipinski definition) is 5. The van der Waals surface area contributed by atoms with Crippen molar-refractivity contribution in [2.24, 2.45) is 11.8 Å². The Hall–Kier alpha value is -3.09. The largest absolute Gasteiger partial charge is 0.497 e. The van der Waals surface area contributed by atoms with E-state index in [1.807, 2.05) is 41.3 Å². The third-order valence-electron chi connectivity index (χ3n) is 6.16. The maximum absolute atomic E-state index is 13.0. The van der Waals surface area contributed by atoms with E-state index in [9.17, 15) is 9.59 Å². The summed E-state index contributed by atoms with van der Waals surface area (Å²) < 4.78 is 11.1. The third-order valence-corrected chi connectivity index (χ3v) is 6.16. The van der Waals surface area contributed by atoms with Crippen LogP contribution in [-0.4, -0.2) is 59.9 Å². The number of likely N-dealkylation sites (tertiary alicyclic amines) is 2. The summed E-state index contributed by atoms with van der Waals surface area (Å²) in [6.07, 6.45) is 5.60. The third kappa shape index (κ3) is 5.34. The maximum Gasteiger partial charge on any atom is 0.227 e. The summed E-state index contributed by atoms with van der Waals surface area (Å²) in [7, 11) is 1.64. The van der Waals surface area contributed by atoms with Gasteiger partial charge in [-0.1, -0.05) is 0 Å². The van der Waals surface area contributed by atoms with Gasteiger partial charge in [-0.2, -0.15) is 0 Å². The SMILES string of the molecule is COc1ccc(OCC2CCN(C(=O)[C@H]3CC(=O)N(Cc4ccncc4)C3)CC2)cc1. The lowest BCUT2D eigenvalue weighted by molar-refractivity contribution is -0.137. The summed E-state index contributed by atoms with van der Waals surface area (Å²) in [5.41, 5.74) is 1.04. The molecule has 2 saturated heterocycles. The van der Waals surface area contributed by atoms with Crippen molar-refractivity contribution in [2.45, 2.75) is 25.8 Å². The highest BCUT2D eigenvalue weighted by Crippen LogP contribution is 2.26. The molecule has 2 fully saturated rings. The molecule has 2 amide bonds. The topological polar surface area (TPSA) is 72.0 Å². The fourth-order valence-electron chi connectivity index (χ4n) is 4.26. The number of aromatic nitrogens is 1. The zero-order valence-corrected chi connectivity index (χ0v) is 17.9. The van der Waals surface area contributed by atoms with E-state index in [1.165, 1.54) is 0 Å². The Bertz CT molecular complexity index is 879. The average molecular weight is 424 g/mol. The molecule has 4 rings (SSSR count). The summed E-state index contributed by atoms with van der Waals surface area (Å²) in [4.78, 5) is 33.1. The summed E-state index contributed by atoms with van der Waals surface area (Å²) in [5.74, 6) is 2.00. The van der Waals surface area contributed by atoms with E-state index in [2.05, 4.69) is 4.98 Å². The van der Waals surface area contributed by atoms with Crippen molar-refractivity contribution in [3.63, 3.8) is 0 Å². The number of carbonyl (C=O) groups excluding carboxylic acids is 2. The molecule has 0 unspecified atom stereocenters. The van der Waals surface area contributed by atoms with Crippen molar-refractivity contribution < 1.29 is 19.1 Å². The highest BCUT2D eigenvalue weighted by atomic mass is 16.5. The van der Waals surface area contributed by atoms with E-state index in [4.69, 9.17) is 9.47 Å². The molecule has 0 radical (unpaired) electrons. The van der Waals surface area contributed by atoms with E-state index in [1.54, 1.807) is 24.4 Å². The second-order valence-electron chi connectivity index (χ2n) is 8.29. The lowest BCUT2D eigenvalue weighted by Gasteiger charge is -2.33. The van der Waals surface area contributed by atoms with Crippen LogP contribution in [0.2, 0.25) is 0 Å². The van der Waals surface area contributed by atoms with Crippen LogP contribution >= 0.6 is 0 Å². The monoisotopic (exact) mass is 423 g/mol. The second-order valence-corrected chi connectivity index (χ2v) is 8.29. The molecule has 2 aliphatic heterocycles. The first kappa shape index (κ1) is 21.2. The predicted octanol–water partition coefficient (Wildman–Crippen LogP) is 2.76. The molecular weight excluding hydrogens is 394 g/mol. The molecule has 31 heavy (non-hydrogen) atoms. The van der Waals surface area contributed by atoms with Crippen molar-refractivity contribution >= 4 is 11.8 Å². The molecule has 0 spiro atoms. The number of rotatable bonds is 7. The van der Waals surface area contributed by atoms with E-state index < -0.39 is 0 Å². The van der Waals surface area contributed by atoms with Gasteiger partial charge < -0.3 is 19.3 Å². The van der Waals surface area contributed by atoms with Gasteiger partial charge in [-0.25, -0.2) is 0 Å². The highest BCUT2D eigenvalue weighted by molar-refractivity contribution is 5.89. The Kier molecular flexibility index (Phi) is 6.70. The number of piperidine rings is 1. The summed E-state index contributed by atoms with van der Waals surface area (Å²) >= 11 is 0. The van der Waals surface area contributed by atoms with Crippen LogP contribution in [0, 0.1) is 11.8 Å². The highest BCUT2D eigenvalue weighted by Gasteiger charge is 2.37. The number of pyridine rings is 1. The molecule has 7 heteroatoms. The van der Waals surface area contributed by atoms with Crippen LogP contribution < -0.4 is 9.47 Å². The quantitative estimate of drug-likeness (QED) is 0.685. The molecule has 164 valence electrons. The van der Waals surface area contributed by atoms with E-state index in [-0.39, 0.29) is 17.7 Å². The first-order chi connectivity index (χ1) is 15.1. The predicted molar refractivity (Wildman–Crippen MR) is 116 cm³/mol. The minimum Gasteiger partial charge on any atom is -0.497 e. The van der Waals surface area contributed by atoms with Crippen molar-refractivity contribution in [1.82, 2.24) is 14.8 Å². The van der Waals surface area contributed by atoms with Crippen molar-refractivity contribution in [2.75, 3.05) is 33.4 Å². The number of ether oxygens (including phenoxy) is 2. The molecule has 1 aromatic heterocycles. The van der Waals surface area contributed by atoms with Gasteiger partial charge in [0.25, 0.3) is 0 Å². The lowest BCUT2D eigenvalue weighted by atomic mass is 9.96. The first-order valence-corrected chi connectivity index (χ1v) is 10.8. The van der Waals surface area contributed by atoms with E-state index >= 15 is 0 Å². The molecular formula is C24H29N3O4. The van der Waals surface area contributed by atoms with Crippen LogP contribution in [0.3, 0.4) is 0 Å². The molecule has 0 N–H and O–H groups in total. The van der Waals surface area contributed by atoms with Crippen molar-refractivity contribution in [3.8, 4) is 11.5 Å². The van der Waals surface area contributed by atoms with Gasteiger partial charge in [0.1, 0.15) is 11.5 Å². The fraction of sp³-hybridized carbons (Fsp3) is 0.458. The zero-order chi connectivity index (χ0) is 21.6. The van der Waals surface area contributed by atoms with Crippen molar-refractivity contribution in [3.05, 3.63) is 54.4 Å². The second kappa shape index (κ2) is 9.81. The van der Waals surface area contributed by atoms with Gasteiger partial charge in [-0.05, 0) is 60.7 Å². The lowest BCUT2D eigenvalue weighted by Crippen LogP contribution is -2.43. The molecule has 2 aromatic rings. The average Bonchev–Trinajstić information content (AvgIpc) is 3.18.